The number of likely N-dealkylation sites (N-methyl/N-ethyl adjacent to an activating group) is 1. The van der Waals surface area contributed by atoms with E-state index in [2.05, 4.69) is 58.1 Å². The van der Waals surface area contributed by atoms with Gasteiger partial charge in [-0.2, -0.15) is 0 Å². The summed E-state index contributed by atoms with van der Waals surface area (Å²) >= 11 is 0. The SMILES string of the molecule is CC1=CC(C)CC(CNC(CC(C)C)CN(C)C)C1. The zero-order valence-corrected chi connectivity index (χ0v) is 13.9. The third-order valence-corrected chi connectivity index (χ3v) is 3.92. The van der Waals surface area contributed by atoms with Crippen molar-refractivity contribution < 1.29 is 0 Å². The van der Waals surface area contributed by atoms with E-state index in [1.807, 2.05) is 0 Å². The Bertz CT molecular complexity index is 271. The molecule has 1 rings (SSSR count). The summed E-state index contributed by atoms with van der Waals surface area (Å²) in [5, 5.41) is 3.82. The molecule has 0 aliphatic heterocycles. The maximum Gasteiger partial charge on any atom is 0.0197 e. The van der Waals surface area contributed by atoms with Gasteiger partial charge in [-0.3, -0.25) is 0 Å². The van der Waals surface area contributed by atoms with E-state index in [-0.39, 0.29) is 0 Å². The Morgan fingerprint density at radius 2 is 2.05 bits per heavy atom. The molecule has 0 aromatic heterocycles. The quantitative estimate of drug-likeness (QED) is 0.709. The largest absolute Gasteiger partial charge is 0.312 e. The predicted molar refractivity (Wildman–Crippen MR) is 85.4 cm³/mol. The van der Waals surface area contributed by atoms with Gasteiger partial charge in [-0.05, 0) is 64.6 Å². The molecule has 0 aromatic rings. The van der Waals surface area contributed by atoms with Crippen LogP contribution in [0.5, 0.6) is 0 Å². The number of hydrogen-bond acceptors (Lipinski definition) is 2. The molecule has 0 amide bonds. The van der Waals surface area contributed by atoms with Gasteiger partial charge in [0.05, 0.1) is 0 Å². The molecule has 0 heterocycles. The molecule has 1 aliphatic rings. The molecule has 112 valence electrons. The second kappa shape index (κ2) is 8.06. The van der Waals surface area contributed by atoms with Crippen molar-refractivity contribution in [3.8, 4) is 0 Å². The predicted octanol–water partition coefficient (Wildman–Crippen LogP) is 3.54. The van der Waals surface area contributed by atoms with Crippen molar-refractivity contribution in [3.63, 3.8) is 0 Å². The molecule has 0 bridgehead atoms. The third-order valence-electron chi connectivity index (χ3n) is 3.92. The molecule has 3 unspecified atom stereocenters. The van der Waals surface area contributed by atoms with Crippen LogP contribution in [0.3, 0.4) is 0 Å². The molecular weight excluding hydrogens is 232 g/mol. The summed E-state index contributed by atoms with van der Waals surface area (Å²) in [5.41, 5.74) is 1.58. The molecule has 0 saturated heterocycles. The number of rotatable bonds is 7. The first-order chi connectivity index (χ1) is 8.86. The minimum atomic E-state index is 0.636. The topological polar surface area (TPSA) is 15.3 Å². The summed E-state index contributed by atoms with van der Waals surface area (Å²) in [6.45, 7) is 11.6. The summed E-state index contributed by atoms with van der Waals surface area (Å²) in [7, 11) is 4.34. The van der Waals surface area contributed by atoms with E-state index in [4.69, 9.17) is 0 Å². The van der Waals surface area contributed by atoms with Crippen molar-refractivity contribution >= 4 is 0 Å². The van der Waals surface area contributed by atoms with Gasteiger partial charge in [-0.15, -0.1) is 0 Å². The first kappa shape index (κ1) is 16.7. The number of nitrogens with one attached hydrogen (secondary N) is 1. The molecule has 19 heavy (non-hydrogen) atoms. The lowest BCUT2D eigenvalue weighted by Crippen LogP contribution is -2.41. The van der Waals surface area contributed by atoms with Crippen molar-refractivity contribution in [2.24, 2.45) is 17.8 Å². The molecule has 1 aliphatic carbocycles. The highest BCUT2D eigenvalue weighted by atomic mass is 15.1. The number of allylic oxidation sites excluding steroid dienone is 2. The van der Waals surface area contributed by atoms with Gasteiger partial charge in [-0.25, -0.2) is 0 Å². The van der Waals surface area contributed by atoms with Crippen molar-refractivity contribution in [2.75, 3.05) is 27.2 Å². The van der Waals surface area contributed by atoms with Gasteiger partial charge in [-0.1, -0.05) is 32.4 Å². The van der Waals surface area contributed by atoms with Crippen LogP contribution in [0, 0.1) is 17.8 Å². The van der Waals surface area contributed by atoms with Crippen molar-refractivity contribution in [1.82, 2.24) is 10.2 Å². The van der Waals surface area contributed by atoms with E-state index in [9.17, 15) is 0 Å². The molecule has 0 fully saturated rings. The summed E-state index contributed by atoms with van der Waals surface area (Å²) in [4.78, 5) is 2.30. The van der Waals surface area contributed by atoms with Crippen LogP contribution in [0.15, 0.2) is 11.6 Å². The van der Waals surface area contributed by atoms with E-state index < -0.39 is 0 Å². The molecule has 0 aromatic carbocycles. The van der Waals surface area contributed by atoms with Crippen LogP contribution < -0.4 is 5.32 Å². The fraction of sp³-hybridized carbons (Fsp3) is 0.882. The normalized spacial score (nSPS) is 25.8. The van der Waals surface area contributed by atoms with Crippen molar-refractivity contribution in [1.29, 1.82) is 0 Å². The Kier molecular flexibility index (Phi) is 7.09. The smallest absolute Gasteiger partial charge is 0.0197 e. The Labute approximate surface area is 120 Å². The van der Waals surface area contributed by atoms with Gasteiger partial charge in [0.1, 0.15) is 0 Å². The second-order valence-electron chi connectivity index (χ2n) is 7.29. The maximum absolute atomic E-state index is 3.82. The minimum absolute atomic E-state index is 0.636. The summed E-state index contributed by atoms with van der Waals surface area (Å²) in [6.07, 6.45) is 6.35. The molecule has 2 heteroatoms. The van der Waals surface area contributed by atoms with Crippen LogP contribution in [0.1, 0.15) is 47.0 Å². The highest BCUT2D eigenvalue weighted by Crippen LogP contribution is 2.27. The van der Waals surface area contributed by atoms with Gasteiger partial charge in [0.2, 0.25) is 0 Å². The molecule has 2 nitrogen and oxygen atoms in total. The van der Waals surface area contributed by atoms with Crippen LogP contribution >= 0.6 is 0 Å². The van der Waals surface area contributed by atoms with E-state index in [1.54, 1.807) is 5.57 Å². The van der Waals surface area contributed by atoms with Crippen molar-refractivity contribution in [2.45, 2.75) is 53.0 Å². The van der Waals surface area contributed by atoms with E-state index in [0.29, 0.717) is 6.04 Å². The maximum atomic E-state index is 3.82. The Morgan fingerprint density at radius 3 is 2.58 bits per heavy atom. The minimum Gasteiger partial charge on any atom is -0.312 e. The zero-order chi connectivity index (χ0) is 14.4. The fourth-order valence-corrected chi connectivity index (χ4v) is 3.41. The van der Waals surface area contributed by atoms with Crippen molar-refractivity contribution in [3.05, 3.63) is 11.6 Å². The summed E-state index contributed by atoms with van der Waals surface area (Å²) in [5.74, 6) is 2.36. The Balaban J connectivity index is 2.40. The summed E-state index contributed by atoms with van der Waals surface area (Å²) in [6, 6.07) is 0.636. The number of nitrogens with zero attached hydrogens (tertiary/aromatic N) is 1. The van der Waals surface area contributed by atoms with Gasteiger partial charge in [0.25, 0.3) is 0 Å². The highest BCUT2D eigenvalue weighted by molar-refractivity contribution is 5.06. The second-order valence-corrected chi connectivity index (χ2v) is 7.29. The molecule has 0 spiro atoms. The third kappa shape index (κ3) is 7.12. The fourth-order valence-electron chi connectivity index (χ4n) is 3.41. The average molecular weight is 266 g/mol. The van der Waals surface area contributed by atoms with Gasteiger partial charge >= 0.3 is 0 Å². The Hall–Kier alpha value is -0.340. The number of hydrogen-bond donors (Lipinski definition) is 1. The Morgan fingerprint density at radius 1 is 1.37 bits per heavy atom. The molecule has 3 atom stereocenters. The standard InChI is InChI=1S/C17H34N2/c1-13(2)7-17(12-19(5)6)18-11-16-9-14(3)8-15(4)10-16/h8,13-14,16-18H,7,9-12H2,1-6H3. The zero-order valence-electron chi connectivity index (χ0n) is 13.9. The first-order valence-electron chi connectivity index (χ1n) is 7.92. The van der Waals surface area contributed by atoms with Crippen LogP contribution in [0.25, 0.3) is 0 Å². The van der Waals surface area contributed by atoms with Crippen LogP contribution in [0.2, 0.25) is 0 Å². The summed E-state index contributed by atoms with van der Waals surface area (Å²) < 4.78 is 0. The van der Waals surface area contributed by atoms with Gasteiger partial charge in [0, 0.05) is 12.6 Å². The lowest BCUT2D eigenvalue weighted by atomic mass is 9.83. The van der Waals surface area contributed by atoms with Crippen LogP contribution in [0.4, 0.5) is 0 Å². The van der Waals surface area contributed by atoms with E-state index in [1.165, 1.54) is 25.8 Å². The van der Waals surface area contributed by atoms with Crippen LogP contribution in [-0.2, 0) is 0 Å². The lowest BCUT2D eigenvalue weighted by molar-refractivity contribution is 0.282. The first-order valence-corrected chi connectivity index (χ1v) is 7.92. The molecule has 1 N–H and O–H groups in total. The monoisotopic (exact) mass is 266 g/mol. The van der Waals surface area contributed by atoms with Gasteiger partial charge in [0.15, 0.2) is 0 Å². The molecule has 0 saturated carbocycles. The van der Waals surface area contributed by atoms with E-state index >= 15 is 0 Å². The molecular formula is C17H34N2. The average Bonchev–Trinajstić information content (AvgIpc) is 2.23. The van der Waals surface area contributed by atoms with Gasteiger partial charge < -0.3 is 10.2 Å². The van der Waals surface area contributed by atoms with Crippen LogP contribution in [-0.4, -0.2) is 38.1 Å². The molecule has 0 radical (unpaired) electrons. The highest BCUT2D eigenvalue weighted by Gasteiger charge is 2.19. The lowest BCUT2D eigenvalue weighted by Gasteiger charge is -2.29. The van der Waals surface area contributed by atoms with E-state index in [0.717, 1.165) is 24.3 Å².